The largest absolute Gasteiger partial charge is 0.374 e. The number of hydrogen-bond acceptors (Lipinski definition) is 4. The van der Waals surface area contributed by atoms with Crippen molar-refractivity contribution in [1.29, 1.82) is 0 Å². The van der Waals surface area contributed by atoms with E-state index in [0.717, 1.165) is 16.5 Å². The Kier molecular flexibility index (Phi) is 5.18. The number of aryl methyl sites for hydroxylation is 1. The summed E-state index contributed by atoms with van der Waals surface area (Å²) in [5.74, 6) is -0.0700. The number of carbonyl (C=O) groups excluding carboxylic acids is 1. The van der Waals surface area contributed by atoms with Gasteiger partial charge in [0.2, 0.25) is 0 Å². The Hall–Kier alpha value is -2.70. The first-order valence-electron chi connectivity index (χ1n) is 9.18. The fourth-order valence-electron chi connectivity index (χ4n) is 3.39. The fraction of sp³-hybridized carbons (Fsp3) is 0.333. The van der Waals surface area contributed by atoms with Crippen LogP contribution in [0.5, 0.6) is 0 Å². The van der Waals surface area contributed by atoms with Crippen molar-refractivity contribution in [3.05, 3.63) is 65.4 Å². The highest BCUT2D eigenvalue weighted by Gasteiger charge is 2.27. The van der Waals surface area contributed by atoms with Crippen LogP contribution >= 0.6 is 0 Å². The predicted molar refractivity (Wildman–Crippen MR) is 103 cm³/mol. The lowest BCUT2D eigenvalue weighted by atomic mass is 10.1. The summed E-state index contributed by atoms with van der Waals surface area (Å²) in [6.07, 6.45) is -0.127. The maximum atomic E-state index is 12.9. The summed E-state index contributed by atoms with van der Waals surface area (Å²) in [4.78, 5) is 14.7. The molecule has 4 rings (SSSR count). The smallest absolute Gasteiger partial charge is 0.275 e. The number of rotatable bonds is 5. The Bertz CT molecular complexity index is 937. The van der Waals surface area contributed by atoms with Crippen LogP contribution in [0.1, 0.15) is 21.6 Å². The third-order valence-electron chi connectivity index (χ3n) is 4.75. The molecule has 6 nitrogen and oxygen atoms in total. The number of benzene rings is 2. The molecular weight excluding hydrogens is 342 g/mol. The van der Waals surface area contributed by atoms with Gasteiger partial charge in [-0.3, -0.25) is 9.89 Å². The van der Waals surface area contributed by atoms with E-state index in [1.807, 2.05) is 36.4 Å². The molecule has 0 radical (unpaired) electrons. The van der Waals surface area contributed by atoms with Gasteiger partial charge in [-0.2, -0.15) is 5.10 Å². The molecule has 1 aliphatic heterocycles. The summed E-state index contributed by atoms with van der Waals surface area (Å²) < 4.78 is 11.6. The minimum absolute atomic E-state index is 0.0700. The lowest BCUT2D eigenvalue weighted by Crippen LogP contribution is -2.47. The summed E-state index contributed by atoms with van der Waals surface area (Å²) in [6, 6.07) is 15.9. The van der Waals surface area contributed by atoms with Crippen LogP contribution in [0, 0.1) is 6.92 Å². The van der Waals surface area contributed by atoms with Gasteiger partial charge in [0, 0.05) is 18.5 Å². The summed E-state index contributed by atoms with van der Waals surface area (Å²) in [5, 5.41) is 7.99. The van der Waals surface area contributed by atoms with Gasteiger partial charge in [0.25, 0.3) is 5.91 Å². The van der Waals surface area contributed by atoms with Crippen molar-refractivity contribution >= 4 is 16.8 Å². The van der Waals surface area contributed by atoms with Gasteiger partial charge in [-0.25, -0.2) is 0 Å². The normalized spacial score (nSPS) is 17.4. The second-order valence-corrected chi connectivity index (χ2v) is 6.87. The van der Waals surface area contributed by atoms with E-state index in [-0.39, 0.29) is 12.0 Å². The standard InChI is InChI=1S/C21H23N3O3/c1-15-5-4-6-16(11-15)13-26-14-17-12-24(9-10-27-17)21(25)20-18-7-2-3-8-19(18)22-23-20/h2-8,11,17H,9-10,12-14H2,1H3,(H,22,23). The number of nitrogens with one attached hydrogen (secondary N) is 1. The molecule has 1 N–H and O–H groups in total. The molecular formula is C21H23N3O3. The molecule has 0 bridgehead atoms. The molecule has 27 heavy (non-hydrogen) atoms. The molecule has 1 atom stereocenters. The van der Waals surface area contributed by atoms with Crippen molar-refractivity contribution in [1.82, 2.24) is 15.1 Å². The summed E-state index contributed by atoms with van der Waals surface area (Å²) in [7, 11) is 0. The zero-order chi connectivity index (χ0) is 18.6. The topological polar surface area (TPSA) is 67.5 Å². The molecule has 0 spiro atoms. The highest BCUT2D eigenvalue weighted by Crippen LogP contribution is 2.18. The summed E-state index contributed by atoms with van der Waals surface area (Å²) >= 11 is 0. The zero-order valence-electron chi connectivity index (χ0n) is 15.4. The van der Waals surface area contributed by atoms with Crippen LogP contribution in [0.4, 0.5) is 0 Å². The molecule has 1 unspecified atom stereocenters. The number of fused-ring (bicyclic) bond motifs is 1. The van der Waals surface area contributed by atoms with Crippen LogP contribution in [-0.2, 0) is 16.1 Å². The van der Waals surface area contributed by atoms with E-state index in [9.17, 15) is 4.79 Å². The highest BCUT2D eigenvalue weighted by atomic mass is 16.5. The number of nitrogens with zero attached hydrogens (tertiary/aromatic N) is 2. The lowest BCUT2D eigenvalue weighted by Gasteiger charge is -2.32. The van der Waals surface area contributed by atoms with Gasteiger partial charge < -0.3 is 14.4 Å². The molecule has 1 saturated heterocycles. The van der Waals surface area contributed by atoms with Gasteiger partial charge in [-0.1, -0.05) is 48.0 Å². The van der Waals surface area contributed by atoms with E-state index in [0.29, 0.717) is 38.6 Å². The molecule has 6 heteroatoms. The van der Waals surface area contributed by atoms with Crippen LogP contribution in [0.2, 0.25) is 0 Å². The van der Waals surface area contributed by atoms with E-state index in [2.05, 4.69) is 29.3 Å². The minimum atomic E-state index is -0.127. The van der Waals surface area contributed by atoms with E-state index in [4.69, 9.17) is 9.47 Å². The van der Waals surface area contributed by atoms with Crippen LogP contribution in [-0.4, -0.2) is 53.4 Å². The van der Waals surface area contributed by atoms with Crippen molar-refractivity contribution in [3.63, 3.8) is 0 Å². The van der Waals surface area contributed by atoms with Gasteiger partial charge in [0.15, 0.2) is 5.69 Å². The van der Waals surface area contributed by atoms with Gasteiger partial charge in [0.1, 0.15) is 0 Å². The van der Waals surface area contributed by atoms with Gasteiger partial charge >= 0.3 is 0 Å². The maximum absolute atomic E-state index is 12.9. The second-order valence-electron chi connectivity index (χ2n) is 6.87. The number of ether oxygens (including phenoxy) is 2. The number of aromatic amines is 1. The molecule has 1 aliphatic rings. The Morgan fingerprint density at radius 3 is 3.07 bits per heavy atom. The number of carbonyl (C=O) groups is 1. The first-order valence-corrected chi connectivity index (χ1v) is 9.18. The molecule has 1 fully saturated rings. The zero-order valence-corrected chi connectivity index (χ0v) is 15.4. The third-order valence-corrected chi connectivity index (χ3v) is 4.75. The van der Waals surface area contributed by atoms with Crippen LogP contribution < -0.4 is 0 Å². The molecule has 1 amide bonds. The molecule has 0 aliphatic carbocycles. The Labute approximate surface area is 158 Å². The summed E-state index contributed by atoms with van der Waals surface area (Å²) in [6.45, 7) is 4.64. The van der Waals surface area contributed by atoms with Crippen molar-refractivity contribution in [3.8, 4) is 0 Å². The molecule has 2 aromatic carbocycles. The molecule has 3 aromatic rings. The Morgan fingerprint density at radius 2 is 2.19 bits per heavy atom. The number of aromatic nitrogens is 2. The SMILES string of the molecule is Cc1cccc(COCC2CN(C(=O)c3n[nH]c4ccccc34)CCO2)c1. The monoisotopic (exact) mass is 365 g/mol. The van der Waals surface area contributed by atoms with Crippen LogP contribution in [0.25, 0.3) is 10.9 Å². The van der Waals surface area contributed by atoms with Crippen LogP contribution in [0.15, 0.2) is 48.5 Å². The van der Waals surface area contributed by atoms with Gasteiger partial charge in [-0.15, -0.1) is 0 Å². The molecule has 1 aromatic heterocycles. The average Bonchev–Trinajstić information content (AvgIpc) is 3.12. The van der Waals surface area contributed by atoms with Crippen LogP contribution in [0.3, 0.4) is 0 Å². The first-order chi connectivity index (χ1) is 13.2. The van der Waals surface area contributed by atoms with E-state index in [1.165, 1.54) is 5.56 Å². The number of hydrogen-bond donors (Lipinski definition) is 1. The second kappa shape index (κ2) is 7.90. The predicted octanol–water partition coefficient (Wildman–Crippen LogP) is 2.93. The number of morpholine rings is 1. The average molecular weight is 365 g/mol. The third kappa shape index (κ3) is 4.02. The molecule has 0 saturated carbocycles. The highest BCUT2D eigenvalue weighted by molar-refractivity contribution is 6.04. The Balaban J connectivity index is 1.35. The number of H-pyrrole nitrogens is 1. The first kappa shape index (κ1) is 17.7. The minimum Gasteiger partial charge on any atom is -0.374 e. The number of amides is 1. The van der Waals surface area contributed by atoms with Crippen molar-refractivity contribution < 1.29 is 14.3 Å². The van der Waals surface area contributed by atoms with E-state index >= 15 is 0 Å². The van der Waals surface area contributed by atoms with Gasteiger partial charge in [0.05, 0.1) is 31.4 Å². The maximum Gasteiger partial charge on any atom is 0.275 e. The quantitative estimate of drug-likeness (QED) is 0.755. The van der Waals surface area contributed by atoms with E-state index in [1.54, 1.807) is 4.90 Å². The Morgan fingerprint density at radius 1 is 1.30 bits per heavy atom. The number of para-hydroxylation sites is 1. The fourth-order valence-corrected chi connectivity index (χ4v) is 3.39. The van der Waals surface area contributed by atoms with Crippen molar-refractivity contribution in [2.24, 2.45) is 0 Å². The summed E-state index contributed by atoms with van der Waals surface area (Å²) in [5.41, 5.74) is 3.69. The van der Waals surface area contributed by atoms with Gasteiger partial charge in [-0.05, 0) is 18.6 Å². The van der Waals surface area contributed by atoms with Crippen molar-refractivity contribution in [2.75, 3.05) is 26.3 Å². The van der Waals surface area contributed by atoms with Crippen molar-refractivity contribution in [2.45, 2.75) is 19.6 Å². The molecule has 2 heterocycles. The molecule has 140 valence electrons. The lowest BCUT2D eigenvalue weighted by molar-refractivity contribution is -0.0647. The van der Waals surface area contributed by atoms with E-state index < -0.39 is 0 Å².